The van der Waals surface area contributed by atoms with Gasteiger partial charge in [0, 0.05) is 12.6 Å². The molecule has 1 saturated heterocycles. The van der Waals surface area contributed by atoms with Crippen LogP contribution in [-0.2, 0) is 4.74 Å². The number of hydrogen-bond donors (Lipinski definition) is 0. The molecule has 0 amide bonds. The highest BCUT2D eigenvalue weighted by molar-refractivity contribution is 4.70. The van der Waals surface area contributed by atoms with Gasteiger partial charge in [-0.15, -0.1) is 0 Å². The van der Waals surface area contributed by atoms with Crippen molar-refractivity contribution in [2.45, 2.75) is 52.7 Å². The van der Waals surface area contributed by atoms with Crippen LogP contribution < -0.4 is 0 Å². The summed E-state index contributed by atoms with van der Waals surface area (Å²) in [5, 5.41) is 0. The van der Waals surface area contributed by atoms with E-state index in [1.807, 2.05) is 20.8 Å². The molecule has 1 heterocycles. The average molecular weight is 187 g/mol. The Labute approximate surface area is 83.3 Å². The van der Waals surface area contributed by atoms with Crippen LogP contribution in [0, 0.1) is 0 Å². The summed E-state index contributed by atoms with van der Waals surface area (Å²) in [7, 11) is 2.19. The minimum Gasteiger partial charge on any atom is -0.379 e. The van der Waals surface area contributed by atoms with Gasteiger partial charge in [0.2, 0.25) is 0 Å². The minimum atomic E-state index is 0.398. The number of ether oxygens (including phenoxy) is 1. The molecule has 0 aromatic heterocycles. The topological polar surface area (TPSA) is 12.5 Å². The van der Waals surface area contributed by atoms with Crippen LogP contribution in [0.2, 0.25) is 0 Å². The van der Waals surface area contributed by atoms with Gasteiger partial charge in [-0.25, -0.2) is 0 Å². The standard InChI is InChI=1S/C6H13N.C5H12O/c1-6-4-3-5-7(6)2;1-4-6-5(2)3/h6H,3-5H2,1-2H3;5H,4H2,1-3H3. The summed E-state index contributed by atoms with van der Waals surface area (Å²) in [4.78, 5) is 2.40. The van der Waals surface area contributed by atoms with Crippen molar-refractivity contribution in [2.75, 3.05) is 20.2 Å². The molecular weight excluding hydrogens is 162 g/mol. The van der Waals surface area contributed by atoms with E-state index in [9.17, 15) is 0 Å². The van der Waals surface area contributed by atoms with Crippen LogP contribution in [-0.4, -0.2) is 37.2 Å². The quantitative estimate of drug-likeness (QED) is 0.658. The van der Waals surface area contributed by atoms with Gasteiger partial charge in [-0.05, 0) is 54.1 Å². The first-order chi connectivity index (χ1) is 6.07. The van der Waals surface area contributed by atoms with Crippen LogP contribution in [0.1, 0.15) is 40.5 Å². The molecule has 1 aliphatic heterocycles. The van der Waals surface area contributed by atoms with Crippen molar-refractivity contribution in [3.05, 3.63) is 0 Å². The number of likely N-dealkylation sites (tertiary alicyclic amines) is 1. The smallest absolute Gasteiger partial charge is 0.0518 e. The Bertz CT molecular complexity index is 107. The van der Waals surface area contributed by atoms with Crippen LogP contribution in [0.25, 0.3) is 0 Å². The maximum Gasteiger partial charge on any atom is 0.0518 e. The van der Waals surface area contributed by atoms with E-state index in [0.717, 1.165) is 12.6 Å². The molecule has 0 aromatic carbocycles. The maximum atomic E-state index is 5.04. The summed E-state index contributed by atoms with van der Waals surface area (Å²) in [6, 6.07) is 0.847. The van der Waals surface area contributed by atoms with Gasteiger partial charge in [0.25, 0.3) is 0 Å². The fourth-order valence-electron chi connectivity index (χ4n) is 1.41. The van der Waals surface area contributed by atoms with E-state index < -0.39 is 0 Å². The van der Waals surface area contributed by atoms with Gasteiger partial charge in [0.1, 0.15) is 0 Å². The second kappa shape index (κ2) is 7.34. The van der Waals surface area contributed by atoms with Gasteiger partial charge in [0.15, 0.2) is 0 Å². The SMILES string of the molecule is CC1CCCN1C.CCOC(C)C. The summed E-state index contributed by atoms with van der Waals surface area (Å²) >= 11 is 0. The third kappa shape index (κ3) is 7.03. The van der Waals surface area contributed by atoms with Gasteiger partial charge in [0.05, 0.1) is 6.10 Å². The normalized spacial score (nSPS) is 23.1. The molecule has 0 radical (unpaired) electrons. The van der Waals surface area contributed by atoms with E-state index in [4.69, 9.17) is 4.74 Å². The Hall–Kier alpha value is -0.0800. The molecule has 80 valence electrons. The second-order valence-electron chi connectivity index (χ2n) is 3.98. The lowest BCUT2D eigenvalue weighted by atomic mass is 10.3. The monoisotopic (exact) mass is 187 g/mol. The van der Waals surface area contributed by atoms with E-state index >= 15 is 0 Å². The average Bonchev–Trinajstić information content (AvgIpc) is 2.37. The first-order valence-electron chi connectivity index (χ1n) is 5.39. The molecular formula is C11H25NO. The molecule has 2 nitrogen and oxygen atoms in total. The molecule has 0 aromatic rings. The van der Waals surface area contributed by atoms with Crippen LogP contribution in [0.4, 0.5) is 0 Å². The molecule has 2 heteroatoms. The van der Waals surface area contributed by atoms with Gasteiger partial charge in [-0.1, -0.05) is 0 Å². The van der Waals surface area contributed by atoms with E-state index in [2.05, 4.69) is 18.9 Å². The molecule has 0 N–H and O–H groups in total. The summed E-state index contributed by atoms with van der Waals surface area (Å²) < 4.78 is 5.04. The van der Waals surface area contributed by atoms with Gasteiger partial charge in [-0.3, -0.25) is 0 Å². The van der Waals surface area contributed by atoms with Crippen molar-refractivity contribution in [3.8, 4) is 0 Å². The summed E-state index contributed by atoms with van der Waals surface area (Å²) in [5.74, 6) is 0. The first-order valence-corrected chi connectivity index (χ1v) is 5.39. The highest BCUT2D eigenvalue weighted by atomic mass is 16.5. The lowest BCUT2D eigenvalue weighted by Gasteiger charge is -2.12. The van der Waals surface area contributed by atoms with Crippen molar-refractivity contribution in [1.82, 2.24) is 4.90 Å². The second-order valence-corrected chi connectivity index (χ2v) is 3.98. The molecule has 1 fully saturated rings. The Kier molecular flexibility index (Phi) is 7.29. The summed E-state index contributed by atoms with van der Waals surface area (Å²) in [6.07, 6.45) is 3.20. The lowest BCUT2D eigenvalue weighted by molar-refractivity contribution is 0.0899. The predicted octanol–water partition coefficient (Wildman–Crippen LogP) is 2.53. The highest BCUT2D eigenvalue weighted by Gasteiger charge is 2.14. The summed E-state index contributed by atoms with van der Waals surface area (Å²) in [6.45, 7) is 10.5. The molecule has 0 aliphatic carbocycles. The molecule has 1 unspecified atom stereocenters. The minimum absolute atomic E-state index is 0.398. The van der Waals surface area contributed by atoms with Crippen LogP contribution in [0.15, 0.2) is 0 Å². The molecule has 1 atom stereocenters. The van der Waals surface area contributed by atoms with Crippen molar-refractivity contribution >= 4 is 0 Å². The van der Waals surface area contributed by atoms with Crippen LogP contribution in [0.5, 0.6) is 0 Å². The molecule has 0 bridgehead atoms. The largest absolute Gasteiger partial charge is 0.379 e. The lowest BCUT2D eigenvalue weighted by Crippen LogP contribution is -2.20. The van der Waals surface area contributed by atoms with Gasteiger partial charge >= 0.3 is 0 Å². The Balaban J connectivity index is 0.000000226. The predicted molar refractivity (Wildman–Crippen MR) is 58.1 cm³/mol. The molecule has 0 spiro atoms. The van der Waals surface area contributed by atoms with Crippen molar-refractivity contribution in [1.29, 1.82) is 0 Å². The van der Waals surface area contributed by atoms with E-state index in [-0.39, 0.29) is 0 Å². The zero-order chi connectivity index (χ0) is 10.3. The molecule has 1 aliphatic rings. The van der Waals surface area contributed by atoms with Crippen molar-refractivity contribution in [3.63, 3.8) is 0 Å². The maximum absolute atomic E-state index is 5.04. The number of rotatable bonds is 2. The zero-order valence-corrected chi connectivity index (χ0v) is 9.84. The summed E-state index contributed by atoms with van der Waals surface area (Å²) in [5.41, 5.74) is 0. The highest BCUT2D eigenvalue weighted by Crippen LogP contribution is 2.12. The number of hydrogen-bond acceptors (Lipinski definition) is 2. The van der Waals surface area contributed by atoms with E-state index in [1.165, 1.54) is 19.4 Å². The Morgan fingerprint density at radius 1 is 1.46 bits per heavy atom. The van der Waals surface area contributed by atoms with Crippen LogP contribution >= 0.6 is 0 Å². The van der Waals surface area contributed by atoms with Crippen molar-refractivity contribution in [2.24, 2.45) is 0 Å². The molecule has 1 rings (SSSR count). The Morgan fingerprint density at radius 3 is 2.15 bits per heavy atom. The fraction of sp³-hybridized carbons (Fsp3) is 1.00. The molecule has 0 saturated carbocycles. The zero-order valence-electron chi connectivity index (χ0n) is 9.84. The third-order valence-electron chi connectivity index (χ3n) is 2.39. The van der Waals surface area contributed by atoms with E-state index in [1.54, 1.807) is 0 Å². The van der Waals surface area contributed by atoms with Gasteiger partial charge in [-0.2, -0.15) is 0 Å². The fourth-order valence-corrected chi connectivity index (χ4v) is 1.41. The van der Waals surface area contributed by atoms with Crippen molar-refractivity contribution < 1.29 is 4.74 Å². The van der Waals surface area contributed by atoms with Gasteiger partial charge < -0.3 is 9.64 Å². The third-order valence-corrected chi connectivity index (χ3v) is 2.39. The number of nitrogens with zero attached hydrogens (tertiary/aromatic N) is 1. The van der Waals surface area contributed by atoms with Crippen LogP contribution in [0.3, 0.4) is 0 Å². The Morgan fingerprint density at radius 2 is 2.08 bits per heavy atom. The molecule has 13 heavy (non-hydrogen) atoms. The van der Waals surface area contributed by atoms with E-state index in [0.29, 0.717) is 6.10 Å². The first kappa shape index (κ1) is 12.9.